The van der Waals surface area contributed by atoms with E-state index in [0.717, 1.165) is 12.8 Å². The molecule has 3 heterocycles. The first kappa shape index (κ1) is 12.0. The lowest BCUT2D eigenvalue weighted by Gasteiger charge is -2.24. The van der Waals surface area contributed by atoms with Crippen molar-refractivity contribution in [2.24, 2.45) is 11.8 Å². The number of rotatable bonds is 0. The van der Waals surface area contributed by atoms with Crippen LogP contribution in [0.1, 0.15) is 33.6 Å². The molecule has 3 aliphatic heterocycles. The first-order chi connectivity index (χ1) is 8.37. The molecule has 0 aromatic rings. The molecule has 3 saturated heterocycles. The third-order valence-electron chi connectivity index (χ3n) is 3.98. The summed E-state index contributed by atoms with van der Waals surface area (Å²) < 4.78 is 11.0. The van der Waals surface area contributed by atoms with Crippen molar-refractivity contribution in [3.05, 3.63) is 0 Å². The maximum atomic E-state index is 12.2. The summed E-state index contributed by atoms with van der Waals surface area (Å²) in [5, 5.41) is 0. The van der Waals surface area contributed by atoms with E-state index < -0.39 is 11.7 Å². The molecular formula is C13H19NO4. The Hall–Kier alpha value is -1.10. The highest BCUT2D eigenvalue weighted by atomic mass is 16.6. The Kier molecular flexibility index (Phi) is 2.46. The second-order valence-corrected chi connectivity index (χ2v) is 6.41. The smallest absolute Gasteiger partial charge is 0.417 e. The number of imide groups is 1. The lowest BCUT2D eigenvalue weighted by molar-refractivity contribution is -0.132. The van der Waals surface area contributed by atoms with Gasteiger partial charge in [0.25, 0.3) is 0 Å². The van der Waals surface area contributed by atoms with E-state index in [0.29, 0.717) is 6.54 Å². The summed E-state index contributed by atoms with van der Waals surface area (Å²) >= 11 is 0. The predicted molar refractivity (Wildman–Crippen MR) is 62.8 cm³/mol. The monoisotopic (exact) mass is 253 g/mol. The first-order valence-electron chi connectivity index (χ1n) is 6.56. The van der Waals surface area contributed by atoms with E-state index in [1.54, 1.807) is 20.8 Å². The fourth-order valence-corrected chi connectivity index (χ4v) is 3.31. The van der Waals surface area contributed by atoms with Crippen molar-refractivity contribution in [2.45, 2.75) is 51.4 Å². The van der Waals surface area contributed by atoms with E-state index in [9.17, 15) is 9.59 Å². The fraction of sp³-hybridized carbons (Fsp3) is 0.846. The average molecular weight is 253 g/mol. The molecule has 4 unspecified atom stereocenters. The first-order valence-corrected chi connectivity index (χ1v) is 6.56. The van der Waals surface area contributed by atoms with Crippen LogP contribution in [0.5, 0.6) is 0 Å². The molecule has 0 spiro atoms. The Bertz CT molecular complexity index is 400. The van der Waals surface area contributed by atoms with Crippen molar-refractivity contribution in [3.8, 4) is 0 Å². The molecule has 2 bridgehead atoms. The van der Waals surface area contributed by atoms with Gasteiger partial charge in [0.15, 0.2) is 0 Å². The molecule has 0 aromatic carbocycles. The van der Waals surface area contributed by atoms with Gasteiger partial charge >= 0.3 is 6.09 Å². The van der Waals surface area contributed by atoms with Gasteiger partial charge in [0.1, 0.15) is 5.60 Å². The molecule has 100 valence electrons. The van der Waals surface area contributed by atoms with Crippen molar-refractivity contribution in [3.63, 3.8) is 0 Å². The van der Waals surface area contributed by atoms with Gasteiger partial charge in [-0.3, -0.25) is 4.79 Å². The van der Waals surface area contributed by atoms with Crippen LogP contribution in [0.4, 0.5) is 4.79 Å². The minimum absolute atomic E-state index is 0.0277. The van der Waals surface area contributed by atoms with Crippen LogP contribution < -0.4 is 0 Å². The molecule has 0 saturated carbocycles. The standard InChI is InChI=1S/C13H19NO4/c1-13(2,3)18-12(16)14-6-7-8-4-5-9(17-8)10(7)11(14)15/h7-10H,4-6H2,1-3H3. The van der Waals surface area contributed by atoms with Crippen molar-refractivity contribution in [1.82, 2.24) is 4.90 Å². The quantitative estimate of drug-likeness (QED) is 0.657. The van der Waals surface area contributed by atoms with Crippen molar-refractivity contribution in [1.29, 1.82) is 0 Å². The molecule has 5 heteroatoms. The molecule has 3 rings (SSSR count). The average Bonchev–Trinajstić information content (AvgIpc) is 2.87. The highest BCUT2D eigenvalue weighted by Crippen LogP contribution is 2.47. The minimum Gasteiger partial charge on any atom is -0.443 e. The number of carbonyl (C=O) groups excluding carboxylic acids is 2. The molecule has 0 N–H and O–H groups in total. The Morgan fingerprint density at radius 1 is 1.33 bits per heavy atom. The molecule has 3 fully saturated rings. The lowest BCUT2D eigenvalue weighted by Crippen LogP contribution is -2.40. The maximum Gasteiger partial charge on any atom is 0.417 e. The Labute approximate surface area is 106 Å². The Morgan fingerprint density at radius 2 is 2.00 bits per heavy atom. The van der Waals surface area contributed by atoms with Gasteiger partial charge in [0, 0.05) is 12.5 Å². The second kappa shape index (κ2) is 3.70. The second-order valence-electron chi connectivity index (χ2n) is 6.41. The SMILES string of the molecule is CC(C)(C)OC(=O)N1CC2C3CCC(O3)C2C1=O. The van der Waals surface area contributed by atoms with E-state index in [2.05, 4.69) is 0 Å². The molecule has 0 aromatic heterocycles. The van der Waals surface area contributed by atoms with Crippen LogP contribution in [0.25, 0.3) is 0 Å². The van der Waals surface area contributed by atoms with Gasteiger partial charge in [-0.25, -0.2) is 9.69 Å². The highest BCUT2D eigenvalue weighted by Gasteiger charge is 2.59. The molecular weight excluding hydrogens is 234 g/mol. The van der Waals surface area contributed by atoms with E-state index >= 15 is 0 Å². The number of carbonyl (C=O) groups is 2. The molecule has 18 heavy (non-hydrogen) atoms. The zero-order chi connectivity index (χ0) is 13.1. The molecule has 5 nitrogen and oxygen atoms in total. The summed E-state index contributed by atoms with van der Waals surface area (Å²) in [7, 11) is 0. The third-order valence-corrected chi connectivity index (χ3v) is 3.98. The van der Waals surface area contributed by atoms with Gasteiger partial charge in [-0.1, -0.05) is 0 Å². The molecule has 2 amide bonds. The van der Waals surface area contributed by atoms with E-state index in [1.807, 2.05) is 0 Å². The summed E-state index contributed by atoms with van der Waals surface area (Å²) in [4.78, 5) is 25.5. The zero-order valence-electron chi connectivity index (χ0n) is 11.0. The summed E-state index contributed by atoms with van der Waals surface area (Å²) in [6, 6.07) is 0. The van der Waals surface area contributed by atoms with Crippen LogP contribution in [-0.4, -0.2) is 41.3 Å². The number of ether oxygens (including phenoxy) is 2. The summed E-state index contributed by atoms with van der Waals surface area (Å²) in [6.07, 6.45) is 1.64. The summed E-state index contributed by atoms with van der Waals surface area (Å²) in [5.74, 6) is -0.0403. The van der Waals surface area contributed by atoms with E-state index in [4.69, 9.17) is 9.47 Å². The number of likely N-dealkylation sites (tertiary alicyclic amines) is 1. The largest absolute Gasteiger partial charge is 0.443 e. The number of hydrogen-bond donors (Lipinski definition) is 0. The fourth-order valence-electron chi connectivity index (χ4n) is 3.31. The molecule has 4 atom stereocenters. The van der Waals surface area contributed by atoms with Crippen LogP contribution in [0.3, 0.4) is 0 Å². The molecule has 3 aliphatic rings. The normalized spacial score (nSPS) is 38.2. The van der Waals surface area contributed by atoms with Crippen LogP contribution in [-0.2, 0) is 14.3 Å². The molecule has 0 radical (unpaired) electrons. The van der Waals surface area contributed by atoms with Gasteiger partial charge in [-0.05, 0) is 33.6 Å². The van der Waals surface area contributed by atoms with Crippen molar-refractivity contribution in [2.75, 3.05) is 6.54 Å². The minimum atomic E-state index is -0.565. The highest BCUT2D eigenvalue weighted by molar-refractivity contribution is 5.96. The van der Waals surface area contributed by atoms with E-state index in [-0.39, 0.29) is 30.0 Å². The number of amides is 2. The third kappa shape index (κ3) is 1.72. The summed E-state index contributed by atoms with van der Waals surface area (Å²) in [6.45, 7) is 5.87. The maximum absolute atomic E-state index is 12.2. The topological polar surface area (TPSA) is 55.8 Å². The van der Waals surface area contributed by atoms with Gasteiger partial charge < -0.3 is 9.47 Å². The van der Waals surface area contributed by atoms with E-state index in [1.165, 1.54) is 4.90 Å². The number of fused-ring (bicyclic) bond motifs is 5. The Balaban J connectivity index is 1.73. The van der Waals surface area contributed by atoms with Crippen molar-refractivity contribution >= 4 is 12.0 Å². The van der Waals surface area contributed by atoms with Crippen LogP contribution in [0.15, 0.2) is 0 Å². The van der Waals surface area contributed by atoms with Crippen LogP contribution in [0, 0.1) is 11.8 Å². The number of hydrogen-bond acceptors (Lipinski definition) is 4. The van der Waals surface area contributed by atoms with Gasteiger partial charge in [-0.2, -0.15) is 0 Å². The predicted octanol–water partition coefficient (Wildman–Crippen LogP) is 1.56. The molecule has 0 aliphatic carbocycles. The van der Waals surface area contributed by atoms with Crippen LogP contribution in [0.2, 0.25) is 0 Å². The lowest BCUT2D eigenvalue weighted by atomic mass is 9.81. The van der Waals surface area contributed by atoms with Gasteiger partial charge in [-0.15, -0.1) is 0 Å². The van der Waals surface area contributed by atoms with Crippen molar-refractivity contribution < 1.29 is 19.1 Å². The van der Waals surface area contributed by atoms with Gasteiger partial charge in [0.05, 0.1) is 18.1 Å². The Morgan fingerprint density at radius 3 is 2.61 bits per heavy atom. The zero-order valence-corrected chi connectivity index (χ0v) is 11.0. The van der Waals surface area contributed by atoms with Gasteiger partial charge in [0.2, 0.25) is 5.91 Å². The summed E-state index contributed by atoms with van der Waals surface area (Å²) in [5.41, 5.74) is -0.565. The van der Waals surface area contributed by atoms with Crippen LogP contribution >= 0.6 is 0 Å². The number of nitrogens with zero attached hydrogens (tertiary/aromatic N) is 1.